The Labute approximate surface area is 144 Å². The molecule has 0 radical (unpaired) electrons. The number of nitrogens with zero attached hydrogens (tertiary/aromatic N) is 1. The zero-order chi connectivity index (χ0) is 17.0. The van der Waals surface area contributed by atoms with Crippen molar-refractivity contribution in [2.75, 3.05) is 20.1 Å². The average molecular weight is 336 g/mol. The van der Waals surface area contributed by atoms with Crippen LogP contribution in [0.4, 0.5) is 0 Å². The summed E-state index contributed by atoms with van der Waals surface area (Å²) in [5.41, 5.74) is 6.00. The summed E-state index contributed by atoms with van der Waals surface area (Å²) in [6.45, 7) is 1.95. The molecule has 1 saturated carbocycles. The van der Waals surface area contributed by atoms with Crippen LogP contribution in [-0.4, -0.2) is 46.5 Å². The van der Waals surface area contributed by atoms with E-state index >= 15 is 0 Å². The van der Waals surface area contributed by atoms with Gasteiger partial charge in [-0.3, -0.25) is 9.59 Å². The minimum atomic E-state index is -0.0969. The van der Waals surface area contributed by atoms with Crippen molar-refractivity contribution in [2.24, 2.45) is 0 Å². The Kier molecular flexibility index (Phi) is 2.26. The maximum atomic E-state index is 12.9. The molecule has 6 nitrogen and oxygen atoms in total. The number of pyridine rings is 1. The summed E-state index contributed by atoms with van der Waals surface area (Å²) < 4.78 is 0. The molecule has 2 aliphatic heterocycles. The number of likely N-dealkylation sites (N-methyl/N-ethyl adjacent to an activating group) is 1. The molecule has 0 unspecified atom stereocenters. The van der Waals surface area contributed by atoms with Gasteiger partial charge >= 0.3 is 0 Å². The summed E-state index contributed by atoms with van der Waals surface area (Å²) in [7, 11) is 2.13. The number of likely N-dealkylation sites (tertiary alicyclic amines) is 1. The van der Waals surface area contributed by atoms with Crippen LogP contribution in [0.5, 0.6) is 0 Å². The van der Waals surface area contributed by atoms with Gasteiger partial charge in [0.15, 0.2) is 0 Å². The van der Waals surface area contributed by atoms with E-state index in [0.29, 0.717) is 0 Å². The zero-order valence-corrected chi connectivity index (χ0v) is 14.2. The van der Waals surface area contributed by atoms with Crippen LogP contribution in [0.25, 0.3) is 11.3 Å². The minimum absolute atomic E-state index is 0.00367. The van der Waals surface area contributed by atoms with Crippen LogP contribution < -0.4 is 10.9 Å². The lowest BCUT2D eigenvalue weighted by atomic mass is 9.65. The monoisotopic (exact) mass is 336 g/mol. The number of rotatable bonds is 0. The summed E-state index contributed by atoms with van der Waals surface area (Å²) in [5.74, 6) is 0.0680. The van der Waals surface area contributed by atoms with Gasteiger partial charge in [-0.05, 0) is 43.9 Å². The first-order chi connectivity index (χ1) is 12.0. The van der Waals surface area contributed by atoms with Gasteiger partial charge in [0, 0.05) is 36.6 Å². The highest BCUT2D eigenvalue weighted by atomic mass is 16.2. The number of amides is 1. The molecule has 0 aromatic carbocycles. The van der Waals surface area contributed by atoms with E-state index in [1.165, 1.54) is 0 Å². The van der Waals surface area contributed by atoms with Crippen LogP contribution in [0.1, 0.15) is 40.0 Å². The number of nitrogens with one attached hydrogen (secondary N) is 3. The summed E-state index contributed by atoms with van der Waals surface area (Å²) in [5, 5.41) is 3.35. The highest BCUT2D eigenvalue weighted by molar-refractivity contribution is 6.02. The number of aryl methyl sites for hydroxylation is 1. The van der Waals surface area contributed by atoms with Gasteiger partial charge in [-0.1, -0.05) is 0 Å². The SMILES string of the molecule is CN1CC2(C1)c1[nH]c3c(c1C(=O)NC21CC1)CCc1c[nH]c(=O)cc1-3. The van der Waals surface area contributed by atoms with E-state index in [4.69, 9.17) is 0 Å². The lowest BCUT2D eigenvalue weighted by Crippen LogP contribution is -2.71. The minimum Gasteiger partial charge on any atom is -0.357 e. The standard InChI is InChI=1S/C19H20N4O2/c1-23-8-18(9-23)16-14(17(25)22-19(18)4-5-19)11-3-2-10-7-20-13(24)6-12(10)15(11)21-16/h6-7,21H,2-5,8-9H2,1H3,(H,20,24)(H,22,25). The fourth-order valence-corrected chi connectivity index (χ4v) is 5.53. The van der Waals surface area contributed by atoms with Crippen molar-refractivity contribution in [2.45, 2.75) is 36.6 Å². The van der Waals surface area contributed by atoms with Crippen LogP contribution >= 0.6 is 0 Å². The fraction of sp³-hybridized carbons (Fsp3) is 0.474. The molecule has 1 amide bonds. The second-order valence-electron chi connectivity index (χ2n) is 8.26. The Morgan fingerprint density at radius 1 is 1.16 bits per heavy atom. The smallest absolute Gasteiger partial charge is 0.253 e. The van der Waals surface area contributed by atoms with Gasteiger partial charge in [-0.25, -0.2) is 0 Å². The Hall–Kier alpha value is -2.34. The van der Waals surface area contributed by atoms with E-state index in [9.17, 15) is 9.59 Å². The molecule has 25 heavy (non-hydrogen) atoms. The highest BCUT2D eigenvalue weighted by Gasteiger charge is 2.68. The Balaban J connectivity index is 1.63. The third-order valence-electron chi connectivity index (χ3n) is 6.83. The van der Waals surface area contributed by atoms with Gasteiger partial charge in [0.2, 0.25) is 5.56 Å². The maximum Gasteiger partial charge on any atom is 0.253 e. The molecule has 0 atom stereocenters. The molecule has 4 heterocycles. The Bertz CT molecular complexity index is 1000. The van der Waals surface area contributed by atoms with Crippen LogP contribution in [-0.2, 0) is 18.3 Å². The van der Waals surface area contributed by atoms with Crippen molar-refractivity contribution >= 4 is 5.91 Å². The third kappa shape index (κ3) is 1.50. The topological polar surface area (TPSA) is 81.0 Å². The van der Waals surface area contributed by atoms with Gasteiger partial charge in [0.1, 0.15) is 0 Å². The van der Waals surface area contributed by atoms with Crippen molar-refractivity contribution in [3.8, 4) is 11.3 Å². The van der Waals surface area contributed by atoms with E-state index in [2.05, 4.69) is 27.2 Å². The number of aromatic amines is 2. The molecule has 2 fully saturated rings. The third-order valence-corrected chi connectivity index (χ3v) is 6.83. The van der Waals surface area contributed by atoms with Crippen molar-refractivity contribution < 1.29 is 4.79 Å². The zero-order valence-electron chi connectivity index (χ0n) is 14.2. The van der Waals surface area contributed by atoms with Crippen LogP contribution in [0.15, 0.2) is 17.1 Å². The van der Waals surface area contributed by atoms with E-state index in [1.54, 1.807) is 6.07 Å². The van der Waals surface area contributed by atoms with E-state index in [0.717, 1.165) is 72.4 Å². The second kappa shape index (κ2) is 4.07. The van der Waals surface area contributed by atoms with Gasteiger partial charge < -0.3 is 20.2 Å². The van der Waals surface area contributed by atoms with E-state index in [-0.39, 0.29) is 22.4 Å². The number of H-pyrrole nitrogens is 2. The molecule has 2 aromatic heterocycles. The van der Waals surface area contributed by atoms with Crippen molar-refractivity contribution in [1.29, 1.82) is 0 Å². The van der Waals surface area contributed by atoms with Crippen molar-refractivity contribution in [3.63, 3.8) is 0 Å². The predicted octanol–water partition coefficient (Wildman–Crippen LogP) is 0.928. The Morgan fingerprint density at radius 3 is 2.68 bits per heavy atom. The van der Waals surface area contributed by atoms with Crippen LogP contribution in [0.2, 0.25) is 0 Å². The van der Waals surface area contributed by atoms with Crippen LogP contribution in [0.3, 0.4) is 0 Å². The molecule has 128 valence electrons. The van der Waals surface area contributed by atoms with Gasteiger partial charge in [0.25, 0.3) is 5.91 Å². The summed E-state index contributed by atoms with van der Waals surface area (Å²) >= 11 is 0. The first kappa shape index (κ1) is 13.9. The van der Waals surface area contributed by atoms with Crippen molar-refractivity contribution in [3.05, 3.63) is 45.0 Å². The number of carbonyl (C=O) groups is 1. The molecule has 3 N–H and O–H groups in total. The van der Waals surface area contributed by atoms with Gasteiger partial charge in [-0.2, -0.15) is 0 Å². The quantitative estimate of drug-likeness (QED) is 0.669. The fourth-order valence-electron chi connectivity index (χ4n) is 5.53. The number of hydrogen-bond acceptors (Lipinski definition) is 3. The first-order valence-corrected chi connectivity index (χ1v) is 9.01. The van der Waals surface area contributed by atoms with Gasteiger partial charge in [0.05, 0.1) is 22.2 Å². The maximum absolute atomic E-state index is 12.9. The van der Waals surface area contributed by atoms with Crippen LogP contribution in [0, 0.1) is 0 Å². The van der Waals surface area contributed by atoms with Crippen molar-refractivity contribution in [1.82, 2.24) is 20.2 Å². The van der Waals surface area contributed by atoms with Gasteiger partial charge in [-0.15, -0.1) is 0 Å². The molecule has 2 spiro atoms. The second-order valence-corrected chi connectivity index (χ2v) is 8.26. The number of fused-ring (bicyclic) bond motifs is 7. The number of aromatic nitrogens is 2. The van der Waals surface area contributed by atoms with E-state index < -0.39 is 0 Å². The molecular weight excluding hydrogens is 316 g/mol. The summed E-state index contributed by atoms with van der Waals surface area (Å²) in [6, 6.07) is 1.67. The predicted molar refractivity (Wildman–Crippen MR) is 92.9 cm³/mol. The molecular formula is C19H20N4O2. The molecule has 6 heteroatoms. The highest BCUT2D eigenvalue weighted by Crippen LogP contribution is 2.59. The lowest BCUT2D eigenvalue weighted by Gasteiger charge is -2.55. The average Bonchev–Trinajstić information content (AvgIpc) is 3.20. The largest absolute Gasteiger partial charge is 0.357 e. The summed E-state index contributed by atoms with van der Waals surface area (Å²) in [6.07, 6.45) is 5.63. The molecule has 4 aliphatic rings. The number of hydrogen-bond donors (Lipinski definition) is 3. The Morgan fingerprint density at radius 2 is 1.96 bits per heavy atom. The molecule has 2 aromatic rings. The summed E-state index contributed by atoms with van der Waals surface area (Å²) in [4.78, 5) is 33.5. The van der Waals surface area contributed by atoms with E-state index in [1.807, 2.05) is 6.20 Å². The molecule has 1 saturated heterocycles. The molecule has 6 rings (SSSR count). The number of carbonyl (C=O) groups excluding carboxylic acids is 1. The normalized spacial score (nSPS) is 24.3. The molecule has 0 bridgehead atoms. The first-order valence-electron chi connectivity index (χ1n) is 9.01. The lowest BCUT2D eigenvalue weighted by molar-refractivity contribution is 0.0340. The molecule has 2 aliphatic carbocycles.